The van der Waals surface area contributed by atoms with E-state index in [9.17, 15) is 14.3 Å². The second kappa shape index (κ2) is 6.11. The topological polar surface area (TPSA) is 49.8 Å². The van der Waals surface area contributed by atoms with Gasteiger partial charge < -0.3 is 9.84 Å². The predicted molar refractivity (Wildman–Crippen MR) is 84.5 cm³/mol. The average molecular weight is 321 g/mol. The predicted octanol–water partition coefficient (Wildman–Crippen LogP) is 4.20. The summed E-state index contributed by atoms with van der Waals surface area (Å²) in [5, 5.41) is 9.94. The van der Waals surface area contributed by atoms with E-state index in [1.165, 1.54) is 24.5 Å². The first-order valence-corrected chi connectivity index (χ1v) is 8.36. The maximum atomic E-state index is 14.5. The van der Waals surface area contributed by atoms with Crippen molar-refractivity contribution in [1.29, 1.82) is 0 Å². The highest BCUT2D eigenvalue weighted by Gasteiger charge is 2.52. The van der Waals surface area contributed by atoms with Gasteiger partial charge in [0.15, 0.2) is 5.72 Å². The van der Waals surface area contributed by atoms with E-state index in [-0.39, 0.29) is 6.04 Å². The minimum Gasteiger partial charge on any atom is -0.465 e. The molecule has 4 unspecified atom stereocenters. The first kappa shape index (κ1) is 16.2. The van der Waals surface area contributed by atoms with Crippen molar-refractivity contribution in [2.24, 2.45) is 11.8 Å². The number of hydrogen-bond acceptors (Lipinski definition) is 2. The van der Waals surface area contributed by atoms with Crippen molar-refractivity contribution in [3.8, 4) is 0 Å². The van der Waals surface area contributed by atoms with Crippen LogP contribution in [0.2, 0.25) is 0 Å². The molecule has 0 aliphatic heterocycles. The molecule has 3 rings (SSSR count). The van der Waals surface area contributed by atoms with Gasteiger partial charge in [-0.05, 0) is 43.6 Å². The molecule has 0 heterocycles. The maximum Gasteiger partial charge on any atom is 0.410 e. The van der Waals surface area contributed by atoms with Gasteiger partial charge in [-0.1, -0.05) is 31.5 Å². The normalized spacial score (nSPS) is 28.6. The van der Waals surface area contributed by atoms with Crippen LogP contribution in [0.5, 0.6) is 0 Å². The summed E-state index contributed by atoms with van der Waals surface area (Å²) >= 11 is 0. The van der Waals surface area contributed by atoms with Crippen LogP contribution < -0.4 is 0 Å². The van der Waals surface area contributed by atoms with E-state index in [1.54, 1.807) is 18.2 Å². The van der Waals surface area contributed by atoms with E-state index in [1.807, 2.05) is 6.92 Å². The molecule has 126 valence electrons. The Morgan fingerprint density at radius 1 is 1.39 bits per heavy atom. The van der Waals surface area contributed by atoms with E-state index in [0.717, 1.165) is 19.3 Å². The minimum atomic E-state index is -1.27. The molecule has 0 aromatic heterocycles. The molecule has 1 amide bonds. The van der Waals surface area contributed by atoms with Crippen molar-refractivity contribution in [3.05, 3.63) is 35.6 Å². The molecule has 0 spiro atoms. The fraction of sp³-hybridized carbons (Fsp3) is 0.611. The third-order valence-corrected chi connectivity index (χ3v) is 5.74. The third-order valence-electron chi connectivity index (χ3n) is 5.74. The molecule has 2 saturated carbocycles. The lowest BCUT2D eigenvalue weighted by Crippen LogP contribution is -2.56. The first-order chi connectivity index (χ1) is 11.0. The van der Waals surface area contributed by atoms with E-state index in [0.29, 0.717) is 23.8 Å². The molecule has 4 atom stereocenters. The number of ether oxygens (including phenoxy) is 1. The number of fused-ring (bicyclic) bond motifs is 2. The van der Waals surface area contributed by atoms with Gasteiger partial charge in [0.1, 0.15) is 5.82 Å². The van der Waals surface area contributed by atoms with Crippen LogP contribution in [0.1, 0.15) is 44.6 Å². The van der Waals surface area contributed by atoms with Gasteiger partial charge in [-0.25, -0.2) is 9.18 Å². The lowest BCUT2D eigenvalue weighted by molar-refractivity contribution is -0.154. The maximum absolute atomic E-state index is 14.5. The Kier molecular flexibility index (Phi) is 4.32. The number of methoxy groups -OCH3 is 1. The quantitative estimate of drug-likeness (QED) is 0.827. The molecule has 1 N–H and O–H groups in total. The van der Waals surface area contributed by atoms with Gasteiger partial charge in [-0.15, -0.1) is 0 Å². The Balaban J connectivity index is 2.06. The fourth-order valence-electron chi connectivity index (χ4n) is 4.71. The average Bonchev–Trinajstić information content (AvgIpc) is 3.16. The number of nitrogens with zero attached hydrogens (tertiary/aromatic N) is 1. The van der Waals surface area contributed by atoms with Gasteiger partial charge in [-0.3, -0.25) is 4.90 Å². The van der Waals surface area contributed by atoms with Crippen molar-refractivity contribution in [3.63, 3.8) is 0 Å². The highest BCUT2D eigenvalue weighted by Crippen LogP contribution is 2.50. The summed E-state index contributed by atoms with van der Waals surface area (Å²) in [7, 11) is 1.47. The summed E-state index contributed by atoms with van der Waals surface area (Å²) in [6.07, 6.45) is 3.51. The van der Waals surface area contributed by atoms with Gasteiger partial charge in [0.05, 0.1) is 0 Å². The van der Waals surface area contributed by atoms with Crippen molar-refractivity contribution >= 4 is 6.09 Å². The lowest BCUT2D eigenvalue weighted by Gasteiger charge is -2.46. The van der Waals surface area contributed by atoms with Crippen LogP contribution in [-0.4, -0.2) is 29.3 Å². The summed E-state index contributed by atoms with van der Waals surface area (Å²) in [5.41, 5.74) is -0.970. The van der Waals surface area contributed by atoms with E-state index >= 15 is 0 Å². The summed E-state index contributed by atoms with van der Waals surface area (Å²) < 4.78 is 20.2. The minimum absolute atomic E-state index is 0.0919. The summed E-state index contributed by atoms with van der Waals surface area (Å²) in [5.74, 6) is 0.536. The number of halogens is 1. The van der Waals surface area contributed by atoms with E-state index < -0.39 is 17.6 Å². The highest BCUT2D eigenvalue weighted by molar-refractivity contribution is 5.67. The zero-order valence-electron chi connectivity index (χ0n) is 13.7. The van der Waals surface area contributed by atoms with Crippen LogP contribution in [0, 0.1) is 17.7 Å². The standard InChI is InChI=1S/C18H24FNO3/c1-3-18(23-2,14-6-4-5-7-15(14)19)20(17(21)22)16-11-12-8-9-13(16)10-12/h4-7,12-13,16H,3,8-11H2,1-2H3,(H,21,22). The lowest BCUT2D eigenvalue weighted by atomic mass is 9.89. The molecule has 2 bridgehead atoms. The number of carbonyl (C=O) groups is 1. The molecule has 5 heteroatoms. The van der Waals surface area contributed by atoms with Crippen molar-refractivity contribution in [1.82, 2.24) is 4.90 Å². The second-order valence-electron chi connectivity index (χ2n) is 6.72. The summed E-state index contributed by atoms with van der Waals surface area (Å²) in [4.78, 5) is 13.5. The molecule has 1 aromatic carbocycles. The molecule has 1 aromatic rings. The largest absolute Gasteiger partial charge is 0.465 e. The molecular weight excluding hydrogens is 297 g/mol. The van der Waals surface area contributed by atoms with Crippen LogP contribution in [-0.2, 0) is 10.5 Å². The van der Waals surface area contributed by atoms with Gasteiger partial charge in [0, 0.05) is 18.7 Å². The van der Waals surface area contributed by atoms with E-state index in [4.69, 9.17) is 4.74 Å². The monoisotopic (exact) mass is 321 g/mol. The number of rotatable bonds is 5. The number of benzene rings is 1. The van der Waals surface area contributed by atoms with Gasteiger partial charge in [-0.2, -0.15) is 0 Å². The molecule has 23 heavy (non-hydrogen) atoms. The molecule has 0 radical (unpaired) electrons. The SMILES string of the molecule is CCC(OC)(c1ccccc1F)N(C(=O)O)C1CC2CCC1C2. The zero-order valence-corrected chi connectivity index (χ0v) is 13.7. The molecule has 2 aliphatic carbocycles. The summed E-state index contributed by atoms with van der Waals surface area (Å²) in [6, 6.07) is 6.23. The third kappa shape index (κ3) is 2.51. The van der Waals surface area contributed by atoms with Crippen molar-refractivity contribution in [2.45, 2.75) is 50.8 Å². The Morgan fingerprint density at radius 3 is 2.61 bits per heavy atom. The zero-order chi connectivity index (χ0) is 16.6. The molecule has 4 nitrogen and oxygen atoms in total. The van der Waals surface area contributed by atoms with Crippen LogP contribution in [0.25, 0.3) is 0 Å². The Labute approximate surface area is 136 Å². The van der Waals surface area contributed by atoms with Gasteiger partial charge >= 0.3 is 6.09 Å². The Hall–Kier alpha value is -1.62. The molecule has 2 fully saturated rings. The van der Waals surface area contributed by atoms with E-state index in [2.05, 4.69) is 0 Å². The second-order valence-corrected chi connectivity index (χ2v) is 6.72. The number of carboxylic acid groups (broad SMARTS) is 1. The number of hydrogen-bond donors (Lipinski definition) is 1. The molecular formula is C18H24FNO3. The van der Waals surface area contributed by atoms with Crippen molar-refractivity contribution in [2.75, 3.05) is 7.11 Å². The van der Waals surface area contributed by atoms with Crippen LogP contribution in [0.15, 0.2) is 24.3 Å². The smallest absolute Gasteiger partial charge is 0.410 e. The van der Waals surface area contributed by atoms with Crippen molar-refractivity contribution < 1.29 is 19.0 Å². The highest BCUT2D eigenvalue weighted by atomic mass is 19.1. The summed E-state index contributed by atoms with van der Waals surface area (Å²) in [6.45, 7) is 1.85. The molecule has 0 saturated heterocycles. The van der Waals surface area contributed by atoms with Crippen LogP contribution in [0.4, 0.5) is 9.18 Å². The Morgan fingerprint density at radius 2 is 2.13 bits per heavy atom. The van der Waals surface area contributed by atoms with Gasteiger partial charge in [0.2, 0.25) is 0 Å². The molecule has 2 aliphatic rings. The van der Waals surface area contributed by atoms with Crippen LogP contribution in [0.3, 0.4) is 0 Å². The Bertz CT molecular complexity index is 587. The fourth-order valence-corrected chi connectivity index (χ4v) is 4.71. The van der Waals surface area contributed by atoms with Crippen LogP contribution >= 0.6 is 0 Å². The number of amides is 1. The first-order valence-electron chi connectivity index (χ1n) is 8.36. The van der Waals surface area contributed by atoms with Gasteiger partial charge in [0.25, 0.3) is 0 Å².